The molecule has 1 atom stereocenters. The van der Waals surface area contributed by atoms with E-state index in [0.717, 1.165) is 11.1 Å². The smallest absolute Gasteiger partial charge is 0.252 e. The van der Waals surface area contributed by atoms with Gasteiger partial charge in [0.15, 0.2) is 0 Å². The minimum absolute atomic E-state index is 0.0188. The topological polar surface area (TPSA) is 79.8 Å². The number of halogens is 1. The number of rotatable bonds is 8. The van der Waals surface area contributed by atoms with E-state index in [1.165, 1.54) is 36.9 Å². The molecule has 0 aromatic heterocycles. The van der Waals surface area contributed by atoms with Crippen molar-refractivity contribution in [1.29, 1.82) is 0 Å². The maximum absolute atomic E-state index is 13.6. The lowest BCUT2D eigenvalue weighted by atomic mass is 10.1. The number of carbonyl (C=O) groups excluding carboxylic acids is 2. The fourth-order valence-electron chi connectivity index (χ4n) is 2.69. The Hall–Kier alpha value is -4.00. The van der Waals surface area contributed by atoms with E-state index in [1.807, 2.05) is 43.3 Å². The van der Waals surface area contributed by atoms with E-state index < -0.39 is 23.5 Å². The second-order valence-corrected chi connectivity index (χ2v) is 7.27. The van der Waals surface area contributed by atoms with Crippen LogP contribution in [0, 0.1) is 18.7 Å². The molecular formula is C25H24FN3O3. The summed E-state index contributed by atoms with van der Waals surface area (Å²) in [5.74, 6) is -2.14. The van der Waals surface area contributed by atoms with Crippen molar-refractivity contribution in [2.75, 3.05) is 5.32 Å². The van der Waals surface area contributed by atoms with Crippen molar-refractivity contribution in [3.8, 4) is 5.75 Å². The largest absolute Gasteiger partial charge is 0.489 e. The van der Waals surface area contributed by atoms with E-state index in [9.17, 15) is 14.0 Å². The van der Waals surface area contributed by atoms with Gasteiger partial charge < -0.3 is 10.1 Å². The summed E-state index contributed by atoms with van der Waals surface area (Å²) in [6, 6.07) is 21.1. The summed E-state index contributed by atoms with van der Waals surface area (Å²) in [6.07, 6.45) is 1.46. The summed E-state index contributed by atoms with van der Waals surface area (Å²) in [4.78, 5) is 24.3. The Bertz CT molecular complexity index is 1100. The highest BCUT2D eigenvalue weighted by atomic mass is 19.1. The molecule has 0 aliphatic rings. The monoisotopic (exact) mass is 433 g/mol. The average Bonchev–Trinajstić information content (AvgIpc) is 2.80. The number of ether oxygens (including phenoxy) is 1. The van der Waals surface area contributed by atoms with Crippen LogP contribution < -0.4 is 15.5 Å². The van der Waals surface area contributed by atoms with Crippen LogP contribution in [-0.2, 0) is 16.2 Å². The third-order valence-electron chi connectivity index (χ3n) is 4.71. The number of nitrogens with one attached hydrogen (secondary N) is 2. The predicted molar refractivity (Wildman–Crippen MR) is 122 cm³/mol. The molecule has 0 bridgehead atoms. The molecule has 0 saturated carbocycles. The van der Waals surface area contributed by atoms with Gasteiger partial charge in [0, 0.05) is 0 Å². The summed E-state index contributed by atoms with van der Waals surface area (Å²) in [7, 11) is 0. The van der Waals surface area contributed by atoms with Crippen molar-refractivity contribution in [3.63, 3.8) is 0 Å². The van der Waals surface area contributed by atoms with Crippen molar-refractivity contribution in [2.45, 2.75) is 20.5 Å². The highest BCUT2D eigenvalue weighted by Crippen LogP contribution is 2.15. The van der Waals surface area contributed by atoms with Crippen molar-refractivity contribution in [3.05, 3.63) is 95.3 Å². The molecule has 0 spiro atoms. The molecule has 7 heteroatoms. The standard InChI is InChI=1S/C25H24FN3O3/c1-17-7-9-20(10-8-17)16-32-21-13-11-19(12-14-21)15-27-29-25(31)18(2)24(30)28-23-6-4-3-5-22(23)26/h3-15,18H,16H2,1-2H3,(H,28,30)(H,29,31). The minimum atomic E-state index is -1.05. The fourth-order valence-corrected chi connectivity index (χ4v) is 2.69. The first-order valence-electron chi connectivity index (χ1n) is 10.1. The normalized spacial score (nSPS) is 11.7. The highest BCUT2D eigenvalue weighted by Gasteiger charge is 2.22. The molecule has 164 valence electrons. The summed E-state index contributed by atoms with van der Waals surface area (Å²) < 4.78 is 19.4. The molecule has 3 aromatic rings. The number of amides is 2. The predicted octanol–water partition coefficient (Wildman–Crippen LogP) is 4.44. The van der Waals surface area contributed by atoms with Gasteiger partial charge in [0.1, 0.15) is 24.1 Å². The van der Waals surface area contributed by atoms with Gasteiger partial charge >= 0.3 is 0 Å². The molecule has 0 aliphatic heterocycles. The van der Waals surface area contributed by atoms with Crippen LogP contribution >= 0.6 is 0 Å². The van der Waals surface area contributed by atoms with E-state index in [1.54, 1.807) is 18.2 Å². The molecule has 0 aliphatic carbocycles. The van der Waals surface area contributed by atoms with Crippen molar-refractivity contribution < 1.29 is 18.7 Å². The Kier molecular flexibility index (Phi) is 7.70. The fraction of sp³-hybridized carbons (Fsp3) is 0.160. The van der Waals surface area contributed by atoms with Gasteiger partial charge in [0.05, 0.1) is 11.9 Å². The first-order valence-corrected chi connectivity index (χ1v) is 10.1. The van der Waals surface area contributed by atoms with Gasteiger partial charge in [-0.3, -0.25) is 9.59 Å². The van der Waals surface area contributed by atoms with E-state index in [0.29, 0.717) is 12.4 Å². The molecule has 0 heterocycles. The zero-order chi connectivity index (χ0) is 22.9. The third-order valence-corrected chi connectivity index (χ3v) is 4.71. The van der Waals surface area contributed by atoms with E-state index in [2.05, 4.69) is 15.8 Å². The number of benzene rings is 3. The number of para-hydroxylation sites is 1. The maximum Gasteiger partial charge on any atom is 0.252 e. The SMILES string of the molecule is Cc1ccc(COc2ccc(C=NNC(=O)C(C)C(=O)Nc3ccccc3F)cc2)cc1. The number of carbonyl (C=O) groups is 2. The van der Waals surface area contributed by atoms with Crippen LogP contribution in [0.5, 0.6) is 5.75 Å². The quantitative estimate of drug-likeness (QED) is 0.313. The zero-order valence-electron chi connectivity index (χ0n) is 17.8. The first kappa shape index (κ1) is 22.7. The Morgan fingerprint density at radius 3 is 2.38 bits per heavy atom. The zero-order valence-corrected chi connectivity index (χ0v) is 17.8. The van der Waals surface area contributed by atoms with E-state index in [4.69, 9.17) is 4.74 Å². The van der Waals surface area contributed by atoms with Crippen molar-refractivity contribution in [2.24, 2.45) is 11.0 Å². The van der Waals surface area contributed by atoms with E-state index in [-0.39, 0.29) is 5.69 Å². The lowest BCUT2D eigenvalue weighted by molar-refractivity contribution is -0.131. The maximum atomic E-state index is 13.6. The van der Waals surface area contributed by atoms with Gasteiger partial charge in [-0.15, -0.1) is 0 Å². The molecule has 6 nitrogen and oxygen atoms in total. The van der Waals surface area contributed by atoms with Gasteiger partial charge in [-0.25, -0.2) is 9.82 Å². The highest BCUT2D eigenvalue weighted by molar-refractivity contribution is 6.06. The van der Waals surface area contributed by atoms with E-state index >= 15 is 0 Å². The number of aryl methyl sites for hydroxylation is 1. The first-order chi connectivity index (χ1) is 15.4. The molecule has 3 rings (SSSR count). The Balaban J connectivity index is 1.47. The summed E-state index contributed by atoms with van der Waals surface area (Å²) >= 11 is 0. The van der Waals surface area contributed by atoms with Crippen LogP contribution in [0.15, 0.2) is 77.9 Å². The molecule has 0 saturated heterocycles. The molecule has 1 unspecified atom stereocenters. The number of hydrogen-bond donors (Lipinski definition) is 2. The van der Waals surface area contributed by atoms with Crippen LogP contribution in [0.4, 0.5) is 10.1 Å². The lowest BCUT2D eigenvalue weighted by Crippen LogP contribution is -2.34. The Morgan fingerprint density at radius 1 is 1.00 bits per heavy atom. The van der Waals surface area contributed by atoms with Crippen molar-refractivity contribution in [1.82, 2.24) is 5.43 Å². The number of hydrogen-bond acceptors (Lipinski definition) is 4. The van der Waals surface area contributed by atoms with Crippen LogP contribution in [0.3, 0.4) is 0 Å². The molecular weight excluding hydrogens is 409 g/mol. The van der Waals surface area contributed by atoms with Gasteiger partial charge in [-0.1, -0.05) is 42.0 Å². The van der Waals surface area contributed by atoms with Crippen molar-refractivity contribution >= 4 is 23.7 Å². The molecule has 3 aromatic carbocycles. The minimum Gasteiger partial charge on any atom is -0.489 e. The number of anilines is 1. The molecule has 32 heavy (non-hydrogen) atoms. The number of nitrogens with zero attached hydrogens (tertiary/aromatic N) is 1. The third kappa shape index (κ3) is 6.50. The van der Waals surface area contributed by atoms with Crippen LogP contribution in [0.25, 0.3) is 0 Å². The molecule has 0 radical (unpaired) electrons. The summed E-state index contributed by atoms with van der Waals surface area (Å²) in [5, 5.41) is 6.27. The molecule has 2 amide bonds. The van der Waals surface area contributed by atoms with Gasteiger partial charge in [-0.2, -0.15) is 5.10 Å². The van der Waals surface area contributed by atoms with Gasteiger partial charge in [-0.05, 0) is 61.4 Å². The summed E-state index contributed by atoms with van der Waals surface area (Å²) in [5.41, 5.74) is 5.37. The average molecular weight is 433 g/mol. The van der Waals surface area contributed by atoms with Gasteiger partial charge in [0.25, 0.3) is 5.91 Å². The van der Waals surface area contributed by atoms with Crippen LogP contribution in [0.2, 0.25) is 0 Å². The number of hydrazone groups is 1. The Labute approximate surface area is 186 Å². The molecule has 0 fully saturated rings. The molecule has 2 N–H and O–H groups in total. The second kappa shape index (κ2) is 10.9. The van der Waals surface area contributed by atoms with Crippen LogP contribution in [0.1, 0.15) is 23.6 Å². The van der Waals surface area contributed by atoms with Gasteiger partial charge in [0.2, 0.25) is 5.91 Å². The summed E-state index contributed by atoms with van der Waals surface area (Å²) in [6.45, 7) is 3.92. The Morgan fingerprint density at radius 2 is 1.69 bits per heavy atom. The lowest BCUT2D eigenvalue weighted by Gasteiger charge is -2.11. The second-order valence-electron chi connectivity index (χ2n) is 7.27. The van der Waals surface area contributed by atoms with Crippen LogP contribution in [-0.4, -0.2) is 18.0 Å².